The fourth-order valence-electron chi connectivity index (χ4n) is 3.43. The summed E-state index contributed by atoms with van der Waals surface area (Å²) in [5.74, 6) is -1.34. The summed E-state index contributed by atoms with van der Waals surface area (Å²) >= 11 is 0. The number of hydrogen-bond donors (Lipinski definition) is 2. The lowest BCUT2D eigenvalue weighted by molar-refractivity contribution is -0.134. The van der Waals surface area contributed by atoms with Crippen molar-refractivity contribution in [3.63, 3.8) is 0 Å². The number of carbonyl (C=O) groups excluding carboxylic acids is 2. The molecule has 0 aromatic heterocycles. The number of ether oxygens (including phenoxy) is 1. The van der Waals surface area contributed by atoms with Crippen molar-refractivity contribution < 1.29 is 32.3 Å². The molecule has 1 aliphatic heterocycles. The second-order valence-corrected chi connectivity index (χ2v) is 10.5. The summed E-state index contributed by atoms with van der Waals surface area (Å²) in [4.78, 5) is 25.9. The molecule has 178 valence electrons. The van der Waals surface area contributed by atoms with Gasteiger partial charge in [0.1, 0.15) is 17.5 Å². The number of benzene rings is 2. The molecule has 33 heavy (non-hydrogen) atoms. The minimum absolute atomic E-state index is 0.0109. The van der Waals surface area contributed by atoms with E-state index in [0.29, 0.717) is 11.1 Å². The van der Waals surface area contributed by atoms with Gasteiger partial charge in [-0.15, -0.1) is 0 Å². The van der Waals surface area contributed by atoms with Crippen molar-refractivity contribution in [3.05, 3.63) is 54.3 Å². The van der Waals surface area contributed by atoms with Gasteiger partial charge in [0, 0.05) is 19.6 Å². The van der Waals surface area contributed by atoms with Crippen LogP contribution in [0.15, 0.2) is 53.4 Å². The number of carbonyl (C=O) groups is 2. The molecule has 0 bridgehead atoms. The van der Waals surface area contributed by atoms with Gasteiger partial charge in [0.15, 0.2) is 0 Å². The van der Waals surface area contributed by atoms with Crippen LogP contribution < -0.4 is 5.48 Å². The third-order valence-electron chi connectivity index (χ3n) is 5.03. The van der Waals surface area contributed by atoms with Crippen molar-refractivity contribution in [2.75, 3.05) is 19.6 Å². The van der Waals surface area contributed by atoms with E-state index >= 15 is 0 Å². The molecule has 2 aromatic rings. The Hall–Kier alpha value is -3.02. The molecular weight excluding hydrogens is 453 g/mol. The molecule has 3 rings (SSSR count). The Morgan fingerprint density at radius 2 is 1.58 bits per heavy atom. The van der Waals surface area contributed by atoms with Gasteiger partial charge in [-0.2, -0.15) is 4.31 Å². The molecule has 0 radical (unpaired) electrons. The van der Waals surface area contributed by atoms with Crippen molar-refractivity contribution in [1.82, 2.24) is 14.7 Å². The number of hydroxylamine groups is 1. The Bertz CT molecular complexity index is 1110. The van der Waals surface area contributed by atoms with E-state index in [2.05, 4.69) is 0 Å². The van der Waals surface area contributed by atoms with Crippen LogP contribution in [0.2, 0.25) is 0 Å². The van der Waals surface area contributed by atoms with Crippen molar-refractivity contribution in [1.29, 1.82) is 0 Å². The van der Waals surface area contributed by atoms with E-state index in [1.54, 1.807) is 45.0 Å². The van der Waals surface area contributed by atoms with Gasteiger partial charge in [0.25, 0.3) is 5.91 Å². The first-order chi connectivity index (χ1) is 15.4. The minimum atomic E-state index is -4.13. The molecule has 1 aliphatic rings. The lowest BCUT2D eigenvalue weighted by Gasteiger charge is -2.39. The summed E-state index contributed by atoms with van der Waals surface area (Å²) in [6.07, 6.45) is -0.682. The van der Waals surface area contributed by atoms with Gasteiger partial charge in [-0.25, -0.2) is 23.1 Å². The quantitative estimate of drug-likeness (QED) is 0.514. The summed E-state index contributed by atoms with van der Waals surface area (Å²) in [5, 5.41) is 9.15. The van der Waals surface area contributed by atoms with E-state index in [0.717, 1.165) is 4.31 Å². The minimum Gasteiger partial charge on any atom is -0.444 e. The molecule has 2 amide bonds. The zero-order valence-corrected chi connectivity index (χ0v) is 19.3. The van der Waals surface area contributed by atoms with Crippen LogP contribution >= 0.6 is 0 Å². The normalized spacial score (nSPS) is 17.5. The molecule has 1 heterocycles. The van der Waals surface area contributed by atoms with Crippen LogP contribution in [0.5, 0.6) is 0 Å². The summed E-state index contributed by atoms with van der Waals surface area (Å²) < 4.78 is 46.0. The number of hydrogen-bond acceptors (Lipinski definition) is 6. The number of piperazine rings is 1. The van der Waals surface area contributed by atoms with Gasteiger partial charge in [-0.1, -0.05) is 24.3 Å². The Morgan fingerprint density at radius 3 is 2.09 bits per heavy atom. The SMILES string of the molecule is CC(C)(C)OC(=O)N1CCN(S(=O)(=O)c2ccc(-c3ccc(F)cc3)cc2)[C@@H](C(=O)NO)C1. The predicted molar refractivity (Wildman–Crippen MR) is 117 cm³/mol. The number of nitrogens with one attached hydrogen (secondary N) is 1. The van der Waals surface area contributed by atoms with Crippen LogP contribution in [0.25, 0.3) is 11.1 Å². The van der Waals surface area contributed by atoms with E-state index in [9.17, 15) is 22.4 Å². The molecule has 2 N–H and O–H groups in total. The fourth-order valence-corrected chi connectivity index (χ4v) is 5.00. The topological polar surface area (TPSA) is 116 Å². The van der Waals surface area contributed by atoms with Gasteiger partial charge in [0.2, 0.25) is 10.0 Å². The molecule has 0 spiro atoms. The second kappa shape index (κ2) is 9.46. The van der Waals surface area contributed by atoms with Gasteiger partial charge in [-0.05, 0) is 56.2 Å². The third-order valence-corrected chi connectivity index (χ3v) is 6.96. The monoisotopic (exact) mass is 479 g/mol. The average Bonchev–Trinajstić information content (AvgIpc) is 2.77. The number of rotatable bonds is 4. The Morgan fingerprint density at radius 1 is 1.03 bits per heavy atom. The molecule has 0 saturated carbocycles. The highest BCUT2D eigenvalue weighted by molar-refractivity contribution is 7.89. The Kier molecular flexibility index (Phi) is 7.06. The van der Waals surface area contributed by atoms with Crippen LogP contribution in [0.1, 0.15) is 20.8 Å². The molecule has 2 aromatic carbocycles. The molecule has 11 heteroatoms. The van der Waals surface area contributed by atoms with Crippen LogP contribution in [-0.2, 0) is 19.6 Å². The maximum Gasteiger partial charge on any atom is 0.410 e. The third kappa shape index (κ3) is 5.67. The summed E-state index contributed by atoms with van der Waals surface area (Å²) in [5.41, 5.74) is 2.11. The van der Waals surface area contributed by atoms with E-state index in [1.165, 1.54) is 34.6 Å². The van der Waals surface area contributed by atoms with Crippen LogP contribution in [0.3, 0.4) is 0 Å². The van der Waals surface area contributed by atoms with Gasteiger partial charge in [-0.3, -0.25) is 10.0 Å². The standard InChI is InChI=1S/C22H26FN3O6S/c1-22(2,3)32-21(28)25-12-13-26(19(14-25)20(27)24-29)33(30,31)18-10-6-16(7-11-18)15-4-8-17(23)9-5-15/h4-11,19,29H,12-14H2,1-3H3,(H,24,27)/t19-/m1/s1. The zero-order valence-electron chi connectivity index (χ0n) is 18.5. The van der Waals surface area contributed by atoms with E-state index in [4.69, 9.17) is 9.94 Å². The maximum absolute atomic E-state index is 13.3. The number of sulfonamides is 1. The number of nitrogens with zero attached hydrogens (tertiary/aromatic N) is 2. The van der Waals surface area contributed by atoms with Gasteiger partial charge >= 0.3 is 6.09 Å². The van der Waals surface area contributed by atoms with Crippen molar-refractivity contribution in [2.24, 2.45) is 0 Å². The van der Waals surface area contributed by atoms with Gasteiger partial charge < -0.3 is 9.64 Å². The van der Waals surface area contributed by atoms with Crippen molar-refractivity contribution in [2.45, 2.75) is 37.3 Å². The fraction of sp³-hybridized carbons (Fsp3) is 0.364. The molecule has 1 atom stereocenters. The summed E-state index contributed by atoms with van der Waals surface area (Å²) in [6.45, 7) is 4.64. The highest BCUT2D eigenvalue weighted by atomic mass is 32.2. The molecule has 1 fully saturated rings. The van der Waals surface area contributed by atoms with Crippen LogP contribution in [0.4, 0.5) is 9.18 Å². The average molecular weight is 480 g/mol. The molecular formula is C22H26FN3O6S. The summed E-state index contributed by atoms with van der Waals surface area (Å²) in [7, 11) is -4.13. The molecule has 9 nitrogen and oxygen atoms in total. The smallest absolute Gasteiger partial charge is 0.410 e. The van der Waals surface area contributed by atoms with E-state index < -0.39 is 33.7 Å². The Labute approximate surface area is 191 Å². The van der Waals surface area contributed by atoms with E-state index in [-0.39, 0.29) is 30.3 Å². The first kappa shape index (κ1) is 24.6. The maximum atomic E-state index is 13.3. The second-order valence-electron chi connectivity index (χ2n) is 8.57. The molecule has 0 unspecified atom stereocenters. The number of halogens is 1. The molecule has 0 aliphatic carbocycles. The zero-order chi connectivity index (χ0) is 24.4. The van der Waals surface area contributed by atoms with Gasteiger partial charge in [0.05, 0.1) is 4.90 Å². The predicted octanol–water partition coefficient (Wildman–Crippen LogP) is 2.61. The first-order valence-corrected chi connectivity index (χ1v) is 11.7. The lowest BCUT2D eigenvalue weighted by Crippen LogP contribution is -2.61. The largest absolute Gasteiger partial charge is 0.444 e. The molecule has 1 saturated heterocycles. The summed E-state index contributed by atoms with van der Waals surface area (Å²) in [6, 6.07) is 10.4. The lowest BCUT2D eigenvalue weighted by atomic mass is 10.1. The van der Waals surface area contributed by atoms with Crippen LogP contribution in [-0.4, -0.2) is 66.1 Å². The van der Waals surface area contributed by atoms with Crippen molar-refractivity contribution in [3.8, 4) is 11.1 Å². The number of amides is 2. The van der Waals surface area contributed by atoms with E-state index in [1.807, 2.05) is 0 Å². The van der Waals surface area contributed by atoms with Crippen LogP contribution in [0, 0.1) is 5.82 Å². The Balaban J connectivity index is 1.84. The highest BCUT2D eigenvalue weighted by Gasteiger charge is 2.42. The highest BCUT2D eigenvalue weighted by Crippen LogP contribution is 2.26. The first-order valence-electron chi connectivity index (χ1n) is 10.2. The van der Waals surface area contributed by atoms with Crippen molar-refractivity contribution >= 4 is 22.0 Å².